The van der Waals surface area contributed by atoms with E-state index in [9.17, 15) is 19.4 Å². The summed E-state index contributed by atoms with van der Waals surface area (Å²) >= 11 is 0. The van der Waals surface area contributed by atoms with Gasteiger partial charge in [-0.05, 0) is 70.6 Å². The van der Waals surface area contributed by atoms with Crippen LogP contribution < -0.4 is 5.32 Å². The van der Waals surface area contributed by atoms with Crippen molar-refractivity contribution in [1.29, 1.82) is 0 Å². The summed E-state index contributed by atoms with van der Waals surface area (Å²) in [4.78, 5) is 23.4. The first-order valence-electron chi connectivity index (χ1n) is 35.0. The number of hydrogen-bond donors (Lipinski definition) is 3. The summed E-state index contributed by atoms with van der Waals surface area (Å²) in [6, 6.07) is -0.764. The summed E-state index contributed by atoms with van der Waals surface area (Å²) in [7, 11) is 1.62. The predicted molar refractivity (Wildman–Crippen MR) is 360 cm³/mol. The van der Waals surface area contributed by atoms with Crippen LogP contribution in [0.3, 0.4) is 0 Å². The van der Waals surface area contributed by atoms with E-state index in [0.717, 1.165) is 83.5 Å². The minimum Gasteiger partial charge on any atom is -0.391 e. The molecule has 0 radical (unpaired) electrons. The molecule has 0 aromatic carbocycles. The van der Waals surface area contributed by atoms with Crippen molar-refractivity contribution in [3.8, 4) is 0 Å². The molecule has 3 N–H and O–H groups in total. The summed E-state index contributed by atoms with van der Waals surface area (Å²) in [6.07, 6.45) is 89.6. The van der Waals surface area contributed by atoms with Crippen LogP contribution >= 0.6 is 7.82 Å². The molecule has 0 fully saturated rings. The number of phosphoric ester groups is 1. The average molecular weight is 1170 g/mol. The molecule has 0 bridgehead atoms. The molecule has 0 aromatic rings. The zero-order valence-electron chi connectivity index (χ0n) is 54.7. The molecule has 0 aliphatic carbocycles. The van der Waals surface area contributed by atoms with E-state index in [1.807, 2.05) is 21.1 Å². The molecular formula is C73H136N2O6P+. The van der Waals surface area contributed by atoms with Crippen LogP contribution in [0.2, 0.25) is 0 Å². The van der Waals surface area contributed by atoms with Gasteiger partial charge in [-0.2, -0.15) is 0 Å². The maximum atomic E-state index is 13.1. The Balaban J connectivity index is 3.99. The lowest BCUT2D eigenvalue weighted by atomic mass is 10.0. The molecule has 0 saturated carbocycles. The summed E-state index contributed by atoms with van der Waals surface area (Å²) in [6.45, 7) is 4.81. The Labute approximate surface area is 509 Å². The lowest BCUT2D eigenvalue weighted by Crippen LogP contribution is -2.46. The van der Waals surface area contributed by atoms with E-state index < -0.39 is 20.0 Å². The lowest BCUT2D eigenvalue weighted by Gasteiger charge is -2.26. The van der Waals surface area contributed by atoms with E-state index >= 15 is 0 Å². The van der Waals surface area contributed by atoms with E-state index in [0.29, 0.717) is 23.9 Å². The third-order valence-corrected chi connectivity index (χ3v) is 16.6. The van der Waals surface area contributed by atoms with Gasteiger partial charge in [0, 0.05) is 6.42 Å². The molecule has 1 amide bonds. The van der Waals surface area contributed by atoms with Crippen molar-refractivity contribution < 1.29 is 32.9 Å². The van der Waals surface area contributed by atoms with Crippen molar-refractivity contribution in [3.05, 3.63) is 85.1 Å². The number of quaternary nitrogens is 1. The number of nitrogens with one attached hydrogen (secondary N) is 1. The van der Waals surface area contributed by atoms with E-state index in [4.69, 9.17) is 9.05 Å². The number of rotatable bonds is 64. The highest BCUT2D eigenvalue weighted by atomic mass is 31.2. The highest BCUT2D eigenvalue weighted by molar-refractivity contribution is 7.47. The monoisotopic (exact) mass is 1170 g/mol. The van der Waals surface area contributed by atoms with E-state index in [1.54, 1.807) is 0 Å². The number of nitrogens with zero attached hydrogens (tertiary/aromatic N) is 1. The Morgan fingerprint density at radius 1 is 0.427 bits per heavy atom. The van der Waals surface area contributed by atoms with Crippen LogP contribution in [0.4, 0.5) is 0 Å². The molecule has 0 aliphatic heterocycles. The lowest BCUT2D eigenvalue weighted by molar-refractivity contribution is -0.870. The molecule has 3 atom stereocenters. The van der Waals surface area contributed by atoms with E-state index in [2.05, 4.69) is 104 Å². The molecule has 0 aromatic heterocycles. The van der Waals surface area contributed by atoms with Gasteiger partial charge in [0.05, 0.1) is 39.9 Å². The number of carbonyl (C=O) groups excluding carboxylic acids is 1. The van der Waals surface area contributed by atoms with Crippen molar-refractivity contribution >= 4 is 13.7 Å². The van der Waals surface area contributed by atoms with E-state index in [1.165, 1.54) is 212 Å². The number of aliphatic hydroxyl groups is 1. The maximum absolute atomic E-state index is 13.1. The van der Waals surface area contributed by atoms with Gasteiger partial charge in [-0.25, -0.2) is 4.57 Å². The largest absolute Gasteiger partial charge is 0.472 e. The van der Waals surface area contributed by atoms with Crippen LogP contribution in [0.25, 0.3) is 0 Å². The Bertz CT molecular complexity index is 1610. The molecular weight excluding hydrogens is 1030 g/mol. The maximum Gasteiger partial charge on any atom is 0.472 e. The van der Waals surface area contributed by atoms with Gasteiger partial charge in [-0.15, -0.1) is 0 Å². The SMILES string of the molecule is CC/C=C\C/C=C\C/C=C\C/C=C\C/C=C\C/C=C\C/C=C\CCCCCCCCCCCCCCCCCCCC(=O)NC(COP(=O)(O)OCC[N+](C)(C)C)C(O)CCCCCCCCCCCCCCCCCCCCCCC. The molecule has 0 saturated heterocycles. The number of allylic oxidation sites excluding steroid dienone is 14. The predicted octanol–water partition coefficient (Wildman–Crippen LogP) is 22.3. The highest BCUT2D eigenvalue weighted by Crippen LogP contribution is 2.43. The van der Waals surface area contributed by atoms with Crippen LogP contribution in [0.1, 0.15) is 322 Å². The second-order valence-electron chi connectivity index (χ2n) is 24.9. The Morgan fingerprint density at radius 3 is 1.07 bits per heavy atom. The summed E-state index contributed by atoms with van der Waals surface area (Å²) in [5, 5.41) is 14.1. The Kier molecular flexibility index (Phi) is 61.4. The first-order chi connectivity index (χ1) is 40.0. The van der Waals surface area contributed by atoms with Crippen LogP contribution in [0, 0.1) is 0 Å². The molecule has 0 heterocycles. The van der Waals surface area contributed by atoms with Crippen LogP contribution in [-0.2, 0) is 18.4 Å². The molecule has 3 unspecified atom stereocenters. The molecule has 9 heteroatoms. The minimum absolute atomic E-state index is 0.0741. The molecule has 82 heavy (non-hydrogen) atoms. The topological polar surface area (TPSA) is 105 Å². The highest BCUT2D eigenvalue weighted by Gasteiger charge is 2.28. The second kappa shape index (κ2) is 63.2. The van der Waals surface area contributed by atoms with Gasteiger partial charge in [0.25, 0.3) is 0 Å². The zero-order valence-corrected chi connectivity index (χ0v) is 55.6. The second-order valence-corrected chi connectivity index (χ2v) is 26.3. The van der Waals surface area contributed by atoms with Crippen LogP contribution in [-0.4, -0.2) is 73.4 Å². The standard InChI is InChI=1S/C73H135N2O6P/c1-6-8-10-12-14-16-18-20-22-24-26-28-29-30-31-32-33-34-35-36-37-38-39-40-41-42-43-44-45-47-49-51-53-55-57-59-61-63-65-67-73(77)74-71(70-81-82(78,79)80-69-68-75(3,4)5)72(76)66-64-62-60-58-56-54-52-50-48-46-27-25-23-21-19-17-15-13-11-9-7-2/h8,10,14,16,20,22,26,28,30-31,33-34,36-37,71-72,76H,6-7,9,11-13,15,17-19,21,23-25,27,29,32,35,38-70H2,1-5H3,(H-,74,77,78,79)/p+1/b10-8-,16-14-,22-20-,28-26-,31-30-,34-33-,37-36-. The van der Waals surface area contributed by atoms with Crippen molar-refractivity contribution in [2.24, 2.45) is 0 Å². The normalized spacial score (nSPS) is 14.2. The molecule has 0 spiro atoms. The van der Waals surface area contributed by atoms with Crippen molar-refractivity contribution in [1.82, 2.24) is 5.32 Å². The van der Waals surface area contributed by atoms with Gasteiger partial charge in [-0.3, -0.25) is 13.8 Å². The van der Waals surface area contributed by atoms with Crippen molar-refractivity contribution in [2.45, 2.75) is 334 Å². The summed E-state index contributed by atoms with van der Waals surface area (Å²) < 4.78 is 23.9. The molecule has 478 valence electrons. The minimum atomic E-state index is -4.33. The number of unbranched alkanes of at least 4 members (excludes halogenated alkanes) is 37. The van der Waals surface area contributed by atoms with Crippen LogP contribution in [0.15, 0.2) is 85.1 Å². The number of phosphoric acid groups is 1. The quantitative estimate of drug-likeness (QED) is 0.0243. The number of hydrogen-bond acceptors (Lipinski definition) is 5. The zero-order chi connectivity index (χ0) is 59.8. The fraction of sp³-hybridized carbons (Fsp3) is 0.795. The van der Waals surface area contributed by atoms with Gasteiger partial charge in [0.1, 0.15) is 13.2 Å². The fourth-order valence-corrected chi connectivity index (χ4v) is 11.0. The Morgan fingerprint density at radius 2 is 0.732 bits per heavy atom. The van der Waals surface area contributed by atoms with Crippen LogP contribution in [0.5, 0.6) is 0 Å². The number of amides is 1. The van der Waals surface area contributed by atoms with Gasteiger partial charge in [0.15, 0.2) is 0 Å². The fourth-order valence-electron chi connectivity index (χ4n) is 10.3. The smallest absolute Gasteiger partial charge is 0.391 e. The first kappa shape index (κ1) is 79.7. The molecule has 0 rings (SSSR count). The van der Waals surface area contributed by atoms with Crippen molar-refractivity contribution in [3.63, 3.8) is 0 Å². The Hall–Kier alpha value is -2.32. The number of carbonyl (C=O) groups is 1. The van der Waals surface area contributed by atoms with Gasteiger partial charge in [-0.1, -0.05) is 330 Å². The molecule has 0 aliphatic rings. The third kappa shape index (κ3) is 65.2. The van der Waals surface area contributed by atoms with Gasteiger partial charge < -0.3 is 19.8 Å². The average Bonchev–Trinajstić information content (AvgIpc) is 3.46. The third-order valence-electron chi connectivity index (χ3n) is 15.7. The van der Waals surface area contributed by atoms with E-state index in [-0.39, 0.29) is 19.1 Å². The number of likely N-dealkylation sites (N-methyl/N-ethyl adjacent to an activating group) is 1. The summed E-state index contributed by atoms with van der Waals surface area (Å²) in [5.41, 5.74) is 0. The van der Waals surface area contributed by atoms with Gasteiger partial charge >= 0.3 is 7.82 Å². The van der Waals surface area contributed by atoms with Gasteiger partial charge in [0.2, 0.25) is 5.91 Å². The first-order valence-corrected chi connectivity index (χ1v) is 36.4. The molecule has 8 nitrogen and oxygen atoms in total. The summed E-state index contributed by atoms with van der Waals surface area (Å²) in [5.74, 6) is -0.141. The van der Waals surface area contributed by atoms with Crippen molar-refractivity contribution in [2.75, 3.05) is 40.9 Å². The number of aliphatic hydroxyl groups excluding tert-OH is 1.